The first kappa shape index (κ1) is 14.9. The molecule has 0 aromatic heterocycles. The summed E-state index contributed by atoms with van der Waals surface area (Å²) in [6.07, 6.45) is 0.919. The fraction of sp³-hybridized carbons (Fsp3) is 0.562. The lowest BCUT2D eigenvalue weighted by molar-refractivity contribution is -0.122. The van der Waals surface area contributed by atoms with Crippen LogP contribution in [0.3, 0.4) is 0 Å². The van der Waals surface area contributed by atoms with Crippen LogP contribution in [0.25, 0.3) is 0 Å². The van der Waals surface area contributed by atoms with Crippen molar-refractivity contribution in [3.63, 3.8) is 0 Å². The van der Waals surface area contributed by atoms with Crippen molar-refractivity contribution < 1.29 is 9.90 Å². The van der Waals surface area contributed by atoms with Crippen LogP contribution in [0.1, 0.15) is 31.7 Å². The average Bonchev–Trinajstić information content (AvgIpc) is 3.25. The zero-order valence-corrected chi connectivity index (χ0v) is 12.3. The van der Waals surface area contributed by atoms with Crippen LogP contribution >= 0.6 is 0 Å². The lowest BCUT2D eigenvalue weighted by atomic mass is 10.1. The maximum atomic E-state index is 12.0. The Labute approximate surface area is 120 Å². The second-order valence-electron chi connectivity index (χ2n) is 5.36. The molecule has 1 aliphatic carbocycles. The van der Waals surface area contributed by atoms with Crippen LogP contribution in [0.2, 0.25) is 0 Å². The van der Waals surface area contributed by atoms with Crippen molar-refractivity contribution in [3.05, 3.63) is 29.8 Å². The van der Waals surface area contributed by atoms with Gasteiger partial charge >= 0.3 is 0 Å². The summed E-state index contributed by atoms with van der Waals surface area (Å²) in [6, 6.07) is 7.18. The van der Waals surface area contributed by atoms with Gasteiger partial charge in [0.2, 0.25) is 5.91 Å². The van der Waals surface area contributed by atoms with Crippen LogP contribution in [0, 0.1) is 5.92 Å². The molecule has 2 N–H and O–H groups in total. The van der Waals surface area contributed by atoms with Gasteiger partial charge in [-0.15, -0.1) is 0 Å². The third kappa shape index (κ3) is 3.73. The number of likely N-dealkylation sites (N-methyl/N-ethyl adjacent to an activating group) is 1. The molecule has 0 radical (unpaired) electrons. The lowest BCUT2D eigenvalue weighted by Gasteiger charge is -2.17. The zero-order chi connectivity index (χ0) is 14.5. The Bertz CT molecular complexity index is 440. The molecule has 0 bridgehead atoms. The van der Waals surface area contributed by atoms with E-state index in [4.69, 9.17) is 0 Å². The first-order chi connectivity index (χ1) is 9.65. The van der Waals surface area contributed by atoms with Crippen LogP contribution in [-0.4, -0.2) is 42.1 Å². The molecule has 1 aliphatic rings. The number of carbonyl (C=O) groups excluding carboxylic acids is 1. The minimum Gasteiger partial charge on any atom is -0.508 e. The highest BCUT2D eigenvalue weighted by atomic mass is 16.3. The third-order valence-corrected chi connectivity index (χ3v) is 4.07. The molecule has 4 heteroatoms. The topological polar surface area (TPSA) is 52.6 Å². The van der Waals surface area contributed by atoms with E-state index in [0.717, 1.165) is 38.2 Å². The molecular formula is C16H24N2O2. The van der Waals surface area contributed by atoms with Crippen molar-refractivity contribution in [2.75, 3.05) is 26.2 Å². The van der Waals surface area contributed by atoms with E-state index in [1.165, 1.54) is 0 Å². The molecule has 2 rings (SSSR count). The minimum atomic E-state index is 0.108. The Balaban J connectivity index is 1.74. The van der Waals surface area contributed by atoms with Crippen molar-refractivity contribution in [3.8, 4) is 5.75 Å². The zero-order valence-electron chi connectivity index (χ0n) is 12.3. The number of phenolic OH excluding ortho intramolecular Hbond substituents is 1. The SMILES string of the molecule is CCN(CC)CCNC(=O)C1CC1c1ccc(O)cc1. The van der Waals surface area contributed by atoms with Gasteiger partial charge in [0.25, 0.3) is 0 Å². The van der Waals surface area contributed by atoms with Crippen molar-refractivity contribution >= 4 is 5.91 Å². The van der Waals surface area contributed by atoms with E-state index < -0.39 is 0 Å². The number of amides is 1. The predicted octanol–water partition coefficient (Wildman–Crippen LogP) is 1.95. The maximum absolute atomic E-state index is 12.0. The van der Waals surface area contributed by atoms with E-state index in [1.807, 2.05) is 12.1 Å². The van der Waals surface area contributed by atoms with Gasteiger partial charge in [0.1, 0.15) is 5.75 Å². The first-order valence-electron chi connectivity index (χ1n) is 7.44. The van der Waals surface area contributed by atoms with E-state index in [-0.39, 0.29) is 17.6 Å². The summed E-state index contributed by atoms with van der Waals surface area (Å²) in [6.45, 7) is 7.94. The van der Waals surface area contributed by atoms with Gasteiger partial charge in [0, 0.05) is 19.0 Å². The molecular weight excluding hydrogens is 252 g/mol. The molecule has 110 valence electrons. The molecule has 20 heavy (non-hydrogen) atoms. The monoisotopic (exact) mass is 276 g/mol. The number of hydrogen-bond donors (Lipinski definition) is 2. The highest BCUT2D eigenvalue weighted by Gasteiger charge is 2.43. The van der Waals surface area contributed by atoms with E-state index in [2.05, 4.69) is 24.1 Å². The van der Waals surface area contributed by atoms with Crippen LogP contribution in [0.15, 0.2) is 24.3 Å². The summed E-state index contributed by atoms with van der Waals surface area (Å²) in [5, 5.41) is 12.3. The Morgan fingerprint density at radius 3 is 2.55 bits per heavy atom. The van der Waals surface area contributed by atoms with Gasteiger partial charge in [0.05, 0.1) is 0 Å². The summed E-state index contributed by atoms with van der Waals surface area (Å²) >= 11 is 0. The summed E-state index contributed by atoms with van der Waals surface area (Å²) in [7, 11) is 0. The first-order valence-corrected chi connectivity index (χ1v) is 7.44. The van der Waals surface area contributed by atoms with Crippen LogP contribution in [0.5, 0.6) is 5.75 Å². The fourth-order valence-electron chi connectivity index (χ4n) is 2.58. The Kier molecular flexibility index (Phi) is 5.01. The Morgan fingerprint density at radius 2 is 1.95 bits per heavy atom. The van der Waals surface area contributed by atoms with Crippen molar-refractivity contribution in [1.29, 1.82) is 0 Å². The molecule has 1 aromatic rings. The van der Waals surface area contributed by atoms with Crippen molar-refractivity contribution in [1.82, 2.24) is 10.2 Å². The molecule has 0 heterocycles. The molecule has 4 nitrogen and oxygen atoms in total. The smallest absolute Gasteiger partial charge is 0.223 e. The number of nitrogens with one attached hydrogen (secondary N) is 1. The van der Waals surface area contributed by atoms with Crippen LogP contribution in [0.4, 0.5) is 0 Å². The second-order valence-corrected chi connectivity index (χ2v) is 5.36. The van der Waals surface area contributed by atoms with Gasteiger partial charge in [-0.2, -0.15) is 0 Å². The second kappa shape index (κ2) is 6.75. The van der Waals surface area contributed by atoms with Gasteiger partial charge in [-0.1, -0.05) is 26.0 Å². The maximum Gasteiger partial charge on any atom is 0.223 e. The summed E-state index contributed by atoms with van der Waals surface area (Å²) in [5.41, 5.74) is 1.15. The minimum absolute atomic E-state index is 0.108. The Morgan fingerprint density at radius 1 is 1.30 bits per heavy atom. The Hall–Kier alpha value is -1.55. The number of benzene rings is 1. The summed E-state index contributed by atoms with van der Waals surface area (Å²) < 4.78 is 0. The highest BCUT2D eigenvalue weighted by molar-refractivity contribution is 5.82. The van der Waals surface area contributed by atoms with Crippen molar-refractivity contribution in [2.45, 2.75) is 26.2 Å². The number of phenols is 1. The van der Waals surface area contributed by atoms with E-state index in [9.17, 15) is 9.90 Å². The largest absolute Gasteiger partial charge is 0.508 e. The van der Waals surface area contributed by atoms with Crippen molar-refractivity contribution in [2.24, 2.45) is 5.92 Å². The van der Waals surface area contributed by atoms with Gasteiger partial charge in [-0.3, -0.25) is 4.79 Å². The molecule has 1 fully saturated rings. The molecule has 1 amide bonds. The van der Waals surface area contributed by atoms with Crippen LogP contribution in [-0.2, 0) is 4.79 Å². The average molecular weight is 276 g/mol. The quantitative estimate of drug-likeness (QED) is 0.800. The van der Waals surface area contributed by atoms with E-state index in [1.54, 1.807) is 12.1 Å². The van der Waals surface area contributed by atoms with Crippen LogP contribution < -0.4 is 5.32 Å². The summed E-state index contributed by atoms with van der Waals surface area (Å²) in [4.78, 5) is 14.3. The van der Waals surface area contributed by atoms with E-state index in [0.29, 0.717) is 5.92 Å². The number of carbonyl (C=O) groups is 1. The molecule has 0 saturated heterocycles. The molecule has 1 saturated carbocycles. The van der Waals surface area contributed by atoms with Gasteiger partial charge in [0.15, 0.2) is 0 Å². The van der Waals surface area contributed by atoms with E-state index >= 15 is 0 Å². The summed E-state index contributed by atoms with van der Waals surface area (Å²) in [5.74, 6) is 0.866. The van der Waals surface area contributed by atoms with Gasteiger partial charge < -0.3 is 15.3 Å². The van der Waals surface area contributed by atoms with Gasteiger partial charge in [-0.05, 0) is 43.1 Å². The third-order valence-electron chi connectivity index (χ3n) is 4.07. The number of aromatic hydroxyl groups is 1. The molecule has 0 spiro atoms. The lowest BCUT2D eigenvalue weighted by Crippen LogP contribution is -2.35. The standard InChI is InChI=1S/C16H24N2O2/c1-3-18(4-2)10-9-17-16(20)15-11-14(15)12-5-7-13(19)8-6-12/h5-8,14-15,19H,3-4,9-11H2,1-2H3,(H,17,20). The highest BCUT2D eigenvalue weighted by Crippen LogP contribution is 2.47. The molecule has 1 aromatic carbocycles. The normalized spacial score (nSPS) is 20.9. The number of hydrogen-bond acceptors (Lipinski definition) is 3. The number of rotatable bonds is 7. The number of nitrogens with zero attached hydrogens (tertiary/aromatic N) is 1. The predicted molar refractivity (Wildman–Crippen MR) is 79.8 cm³/mol. The molecule has 0 aliphatic heterocycles. The molecule has 2 atom stereocenters. The fourth-order valence-corrected chi connectivity index (χ4v) is 2.58. The molecule has 2 unspecified atom stereocenters. The van der Waals surface area contributed by atoms with Gasteiger partial charge in [-0.25, -0.2) is 0 Å².